The Balaban J connectivity index is 1.77. The van der Waals surface area contributed by atoms with Gasteiger partial charge < -0.3 is 5.32 Å². The van der Waals surface area contributed by atoms with Crippen LogP contribution in [0.5, 0.6) is 0 Å². The van der Waals surface area contributed by atoms with Crippen molar-refractivity contribution in [2.24, 2.45) is 4.99 Å². The third kappa shape index (κ3) is 2.29. The van der Waals surface area contributed by atoms with Crippen LogP contribution < -0.4 is 10.6 Å². The van der Waals surface area contributed by atoms with E-state index in [1.54, 1.807) is 6.20 Å². The van der Waals surface area contributed by atoms with E-state index in [-0.39, 0.29) is 5.91 Å². The largest absolute Gasteiger partial charge is 0.353 e. The average Bonchev–Trinajstić information content (AvgIpc) is 3.22. The molecule has 21 heavy (non-hydrogen) atoms. The van der Waals surface area contributed by atoms with Gasteiger partial charge in [-0.05, 0) is 25.0 Å². The fraction of sp³-hybridized carbons (Fsp3) is 0.267. The van der Waals surface area contributed by atoms with Crippen molar-refractivity contribution >= 4 is 38.7 Å². The van der Waals surface area contributed by atoms with Crippen LogP contribution in [0.2, 0.25) is 0 Å². The van der Waals surface area contributed by atoms with Crippen molar-refractivity contribution in [2.75, 3.05) is 0 Å². The number of carbonyl (C=O) groups is 1. The van der Waals surface area contributed by atoms with Gasteiger partial charge in [-0.2, -0.15) is 0 Å². The average molecular weight is 345 g/mol. The molecule has 0 saturated heterocycles. The second kappa shape index (κ2) is 4.80. The molecule has 1 amide bonds. The van der Waals surface area contributed by atoms with E-state index in [4.69, 9.17) is 0 Å². The molecule has 1 saturated carbocycles. The maximum absolute atomic E-state index is 12.2. The van der Waals surface area contributed by atoms with Crippen LogP contribution in [0.4, 0.5) is 0 Å². The predicted molar refractivity (Wildman–Crippen MR) is 83.9 cm³/mol. The molecule has 2 heterocycles. The van der Waals surface area contributed by atoms with Crippen LogP contribution in [0.3, 0.4) is 0 Å². The van der Waals surface area contributed by atoms with Gasteiger partial charge >= 0.3 is 0 Å². The number of guanidine groups is 1. The number of carbonyl (C=O) groups excluding carboxylic acids is 1. The van der Waals surface area contributed by atoms with Crippen molar-refractivity contribution in [3.05, 3.63) is 40.5 Å². The summed E-state index contributed by atoms with van der Waals surface area (Å²) in [6.07, 6.45) is 4.02. The van der Waals surface area contributed by atoms with Crippen molar-refractivity contribution in [1.29, 1.82) is 0 Å². The maximum atomic E-state index is 12.2. The Hall–Kier alpha value is -1.95. The monoisotopic (exact) mass is 344 g/mol. The zero-order valence-electron chi connectivity index (χ0n) is 11.1. The number of nitrogens with one attached hydrogen (secondary N) is 2. The lowest BCUT2D eigenvalue weighted by Gasteiger charge is -2.09. The number of hydrogen-bond donors (Lipinski definition) is 2. The van der Waals surface area contributed by atoms with Gasteiger partial charge in [-0.25, -0.2) is 4.99 Å². The Kier molecular flexibility index (Phi) is 2.92. The van der Waals surface area contributed by atoms with Gasteiger partial charge in [0.25, 0.3) is 5.91 Å². The number of rotatable bonds is 2. The summed E-state index contributed by atoms with van der Waals surface area (Å²) >= 11 is 3.52. The summed E-state index contributed by atoms with van der Waals surface area (Å²) in [4.78, 5) is 21.1. The van der Waals surface area contributed by atoms with Crippen LogP contribution in [0, 0.1) is 0 Å². The Morgan fingerprint density at radius 2 is 2.14 bits per heavy atom. The number of amides is 1. The van der Waals surface area contributed by atoms with Gasteiger partial charge in [-0.3, -0.25) is 15.1 Å². The van der Waals surface area contributed by atoms with E-state index in [9.17, 15) is 4.79 Å². The topological polar surface area (TPSA) is 66.4 Å². The van der Waals surface area contributed by atoms with Gasteiger partial charge in [0, 0.05) is 27.7 Å². The first-order valence-corrected chi connectivity index (χ1v) is 7.70. The van der Waals surface area contributed by atoms with E-state index in [0.717, 1.165) is 33.8 Å². The highest BCUT2D eigenvalue weighted by Gasteiger charge is 2.32. The van der Waals surface area contributed by atoms with Gasteiger partial charge in [-0.15, -0.1) is 0 Å². The lowest BCUT2D eigenvalue weighted by atomic mass is 10.0. The van der Waals surface area contributed by atoms with Crippen molar-refractivity contribution in [3.63, 3.8) is 0 Å². The summed E-state index contributed by atoms with van der Waals surface area (Å²) in [6, 6.07) is 7.64. The number of pyridine rings is 1. The molecule has 1 aliphatic carbocycles. The highest BCUT2D eigenvalue weighted by atomic mass is 79.9. The number of benzene rings is 1. The van der Waals surface area contributed by atoms with Crippen molar-refractivity contribution < 1.29 is 4.79 Å². The Morgan fingerprint density at radius 3 is 2.95 bits per heavy atom. The number of aromatic nitrogens is 1. The molecule has 2 aliphatic rings. The molecule has 1 aromatic heterocycles. The fourth-order valence-electron chi connectivity index (χ4n) is 2.49. The van der Waals surface area contributed by atoms with E-state index >= 15 is 0 Å². The summed E-state index contributed by atoms with van der Waals surface area (Å²) in [5.74, 6) is 0.479. The third-order valence-corrected chi connectivity index (χ3v) is 4.40. The van der Waals surface area contributed by atoms with Crippen LogP contribution in [-0.4, -0.2) is 22.9 Å². The van der Waals surface area contributed by atoms with Crippen molar-refractivity contribution in [2.45, 2.75) is 24.9 Å². The number of nitrogens with zero attached hydrogens (tertiary/aromatic N) is 2. The van der Waals surface area contributed by atoms with Crippen molar-refractivity contribution in [3.8, 4) is 0 Å². The zero-order valence-corrected chi connectivity index (χ0v) is 12.7. The minimum Gasteiger partial charge on any atom is -0.353 e. The second-order valence-electron chi connectivity index (χ2n) is 5.32. The molecule has 1 atom stereocenters. The summed E-state index contributed by atoms with van der Waals surface area (Å²) in [5.41, 5.74) is 1.64. The highest BCUT2D eigenvalue weighted by Crippen LogP contribution is 2.32. The molecule has 0 radical (unpaired) electrons. The minimum absolute atomic E-state index is 0.104. The molecule has 1 fully saturated rings. The number of aliphatic imine (C=N–C) groups is 1. The molecular formula is C15H13BrN4O. The molecule has 5 nitrogen and oxygen atoms in total. The lowest BCUT2D eigenvalue weighted by Crippen LogP contribution is -2.37. The van der Waals surface area contributed by atoms with E-state index in [0.29, 0.717) is 12.0 Å². The molecule has 1 unspecified atom stereocenters. The zero-order chi connectivity index (χ0) is 14.4. The van der Waals surface area contributed by atoms with E-state index < -0.39 is 6.04 Å². The first-order chi connectivity index (χ1) is 10.2. The van der Waals surface area contributed by atoms with E-state index in [1.165, 1.54) is 0 Å². The van der Waals surface area contributed by atoms with Crippen molar-refractivity contribution in [1.82, 2.24) is 15.6 Å². The van der Waals surface area contributed by atoms with Crippen LogP contribution in [-0.2, 0) is 4.79 Å². The van der Waals surface area contributed by atoms with E-state index in [2.05, 4.69) is 36.5 Å². The number of halogens is 1. The highest BCUT2D eigenvalue weighted by molar-refractivity contribution is 9.10. The fourth-order valence-corrected chi connectivity index (χ4v) is 2.94. The normalized spacial score (nSPS) is 21.3. The van der Waals surface area contributed by atoms with Crippen LogP contribution >= 0.6 is 15.9 Å². The Bertz CT molecular complexity index is 769. The minimum atomic E-state index is -0.531. The first-order valence-electron chi connectivity index (χ1n) is 6.91. The van der Waals surface area contributed by atoms with Gasteiger partial charge in [0.2, 0.25) is 0 Å². The van der Waals surface area contributed by atoms with Crippen LogP contribution in [0.15, 0.2) is 39.9 Å². The maximum Gasteiger partial charge on any atom is 0.256 e. The van der Waals surface area contributed by atoms with Gasteiger partial charge in [0.1, 0.15) is 0 Å². The molecule has 0 bridgehead atoms. The second-order valence-corrected chi connectivity index (χ2v) is 6.18. The van der Waals surface area contributed by atoms with Gasteiger partial charge in [0.05, 0.1) is 5.52 Å². The standard InChI is InChI=1S/C15H13BrN4O/c16-11-6-5-10(12-9(11)2-1-7-17-12)13-14(21)20-15(19-13)18-8-3-4-8/h1-2,5-8,13H,3-4H2,(H2,18,19,20,21). The molecule has 0 spiro atoms. The molecule has 2 N–H and O–H groups in total. The molecule has 1 aromatic carbocycles. The smallest absolute Gasteiger partial charge is 0.256 e. The Morgan fingerprint density at radius 1 is 1.29 bits per heavy atom. The SMILES string of the molecule is O=C1NC(NC2CC2)=NC1c1ccc(Br)c2cccnc12. The number of fused-ring (bicyclic) bond motifs is 1. The van der Waals surface area contributed by atoms with Gasteiger partial charge in [0.15, 0.2) is 12.0 Å². The summed E-state index contributed by atoms with van der Waals surface area (Å²) in [5, 5.41) is 7.03. The molecular weight excluding hydrogens is 332 g/mol. The van der Waals surface area contributed by atoms with Crippen LogP contribution in [0.25, 0.3) is 10.9 Å². The van der Waals surface area contributed by atoms with Crippen LogP contribution in [0.1, 0.15) is 24.4 Å². The molecule has 4 rings (SSSR count). The molecule has 2 aromatic rings. The summed E-state index contributed by atoms with van der Waals surface area (Å²) < 4.78 is 0.966. The summed E-state index contributed by atoms with van der Waals surface area (Å²) in [6.45, 7) is 0. The molecule has 6 heteroatoms. The predicted octanol–water partition coefficient (Wildman–Crippen LogP) is 2.28. The quantitative estimate of drug-likeness (QED) is 0.878. The van der Waals surface area contributed by atoms with Gasteiger partial charge in [-0.1, -0.05) is 28.1 Å². The molecule has 1 aliphatic heterocycles. The lowest BCUT2D eigenvalue weighted by molar-refractivity contribution is -0.120. The number of hydrogen-bond acceptors (Lipinski definition) is 4. The van der Waals surface area contributed by atoms with E-state index in [1.807, 2.05) is 24.3 Å². The summed E-state index contributed by atoms with van der Waals surface area (Å²) in [7, 11) is 0. The Labute approximate surface area is 130 Å². The third-order valence-electron chi connectivity index (χ3n) is 3.71. The molecule has 106 valence electrons. The first kappa shape index (κ1) is 12.8.